The monoisotopic (exact) mass is 495 g/mol. The summed E-state index contributed by atoms with van der Waals surface area (Å²) in [5.74, 6) is 2.26. The van der Waals surface area contributed by atoms with Crippen LogP contribution >= 0.6 is 0 Å². The Hall–Kier alpha value is -3.22. The van der Waals surface area contributed by atoms with Crippen LogP contribution in [0.4, 0.5) is 0 Å². The van der Waals surface area contributed by atoms with Gasteiger partial charge in [-0.2, -0.15) is 0 Å². The highest BCUT2D eigenvalue weighted by atomic mass is 16.5. The Labute approximate surface area is 213 Å². The van der Waals surface area contributed by atoms with Gasteiger partial charge in [-0.3, -0.25) is 4.79 Å². The van der Waals surface area contributed by atoms with E-state index in [9.17, 15) is 9.59 Å². The minimum absolute atomic E-state index is 0.189. The van der Waals surface area contributed by atoms with E-state index in [-0.39, 0.29) is 17.9 Å². The Kier molecular flexibility index (Phi) is 8.73. The van der Waals surface area contributed by atoms with E-state index in [1.165, 1.54) is 19.3 Å². The molecule has 1 amide bonds. The lowest BCUT2D eigenvalue weighted by Gasteiger charge is -2.38. The number of methoxy groups -OCH3 is 2. The number of amides is 1. The van der Waals surface area contributed by atoms with Crippen molar-refractivity contribution in [3.8, 4) is 17.2 Å². The number of nitrogens with zero attached hydrogens (tertiary/aromatic N) is 1. The van der Waals surface area contributed by atoms with Crippen LogP contribution in [-0.4, -0.2) is 50.8 Å². The first-order valence-corrected chi connectivity index (χ1v) is 13.0. The van der Waals surface area contributed by atoms with E-state index < -0.39 is 0 Å². The van der Waals surface area contributed by atoms with Crippen molar-refractivity contribution < 1.29 is 28.5 Å². The number of ether oxygens (including phenoxy) is 4. The molecule has 0 saturated heterocycles. The summed E-state index contributed by atoms with van der Waals surface area (Å²) < 4.78 is 22.3. The molecule has 0 N–H and O–H groups in total. The summed E-state index contributed by atoms with van der Waals surface area (Å²) in [5, 5.41) is 0. The van der Waals surface area contributed by atoms with Crippen LogP contribution in [0.5, 0.6) is 17.2 Å². The molecule has 0 radical (unpaired) electrons. The van der Waals surface area contributed by atoms with Gasteiger partial charge in [0.25, 0.3) is 0 Å². The Morgan fingerprint density at radius 1 is 0.972 bits per heavy atom. The number of benzene rings is 2. The van der Waals surface area contributed by atoms with Crippen molar-refractivity contribution in [3.63, 3.8) is 0 Å². The minimum atomic E-state index is -0.356. The molecule has 1 aliphatic heterocycles. The van der Waals surface area contributed by atoms with Gasteiger partial charge in [0.05, 0.1) is 32.4 Å². The second-order valence-corrected chi connectivity index (χ2v) is 9.52. The second kappa shape index (κ2) is 12.2. The molecule has 1 fully saturated rings. The van der Waals surface area contributed by atoms with Crippen molar-refractivity contribution in [2.75, 3.05) is 34.0 Å². The van der Waals surface area contributed by atoms with Gasteiger partial charge in [-0.1, -0.05) is 19.3 Å². The lowest BCUT2D eigenvalue weighted by molar-refractivity contribution is -0.136. The van der Waals surface area contributed by atoms with Gasteiger partial charge in [0.2, 0.25) is 5.91 Å². The van der Waals surface area contributed by atoms with Crippen LogP contribution in [-0.2, 0) is 16.0 Å². The third-order valence-corrected chi connectivity index (χ3v) is 7.28. The lowest BCUT2D eigenvalue weighted by atomic mass is 9.85. The zero-order valence-electron chi connectivity index (χ0n) is 21.6. The van der Waals surface area contributed by atoms with E-state index in [1.54, 1.807) is 45.4 Å². The average Bonchev–Trinajstić information content (AvgIpc) is 2.91. The first-order chi connectivity index (χ1) is 17.5. The van der Waals surface area contributed by atoms with Crippen LogP contribution in [0.3, 0.4) is 0 Å². The van der Waals surface area contributed by atoms with Crippen molar-refractivity contribution in [3.05, 3.63) is 53.1 Å². The topological polar surface area (TPSA) is 74.3 Å². The SMILES string of the molecule is CCOC(=O)c1ccc(OC[C@@H]2c3cc(OC)c(OC)cc3CCN2C(=O)CC2CCCCC2)cc1. The zero-order valence-corrected chi connectivity index (χ0v) is 21.6. The highest BCUT2D eigenvalue weighted by molar-refractivity contribution is 5.89. The van der Waals surface area contributed by atoms with Gasteiger partial charge >= 0.3 is 5.97 Å². The quantitative estimate of drug-likeness (QED) is 0.436. The third-order valence-electron chi connectivity index (χ3n) is 7.28. The van der Waals surface area contributed by atoms with E-state index in [0.29, 0.717) is 54.9 Å². The molecule has 7 heteroatoms. The molecule has 0 unspecified atom stereocenters. The Morgan fingerprint density at radius 2 is 1.67 bits per heavy atom. The van der Waals surface area contributed by atoms with Gasteiger partial charge in [-0.25, -0.2) is 4.79 Å². The third kappa shape index (κ3) is 5.94. The standard InChI is InChI=1S/C29H37NO6/c1-4-35-29(32)21-10-12-23(13-11-21)36-19-25-24-18-27(34-3)26(33-2)17-22(24)14-15-30(25)28(31)16-20-8-6-5-7-9-20/h10-13,17-18,20,25H,4-9,14-16,19H2,1-3H3/t25-/m1/s1. The molecule has 1 saturated carbocycles. The van der Waals surface area contributed by atoms with Gasteiger partial charge in [0.15, 0.2) is 11.5 Å². The number of fused-ring (bicyclic) bond motifs is 1. The average molecular weight is 496 g/mol. The molecule has 0 aromatic heterocycles. The summed E-state index contributed by atoms with van der Waals surface area (Å²) in [7, 11) is 3.25. The molecule has 1 aliphatic carbocycles. The number of carbonyl (C=O) groups is 2. The highest BCUT2D eigenvalue weighted by Gasteiger charge is 2.34. The van der Waals surface area contributed by atoms with E-state index in [4.69, 9.17) is 18.9 Å². The van der Waals surface area contributed by atoms with Crippen LogP contribution in [0.1, 0.15) is 73.0 Å². The molecule has 2 aliphatic rings. The smallest absolute Gasteiger partial charge is 0.338 e. The molecule has 194 valence electrons. The van der Waals surface area contributed by atoms with Crippen molar-refractivity contribution in [2.45, 2.75) is 57.9 Å². The summed E-state index contributed by atoms with van der Waals surface area (Å²) in [4.78, 5) is 27.5. The maximum atomic E-state index is 13.5. The fourth-order valence-electron chi connectivity index (χ4n) is 5.34. The largest absolute Gasteiger partial charge is 0.493 e. The summed E-state index contributed by atoms with van der Waals surface area (Å²) in [6.07, 6.45) is 7.32. The number of carbonyl (C=O) groups excluding carboxylic acids is 2. The van der Waals surface area contributed by atoms with Crippen LogP contribution < -0.4 is 14.2 Å². The Morgan fingerprint density at radius 3 is 2.33 bits per heavy atom. The van der Waals surface area contributed by atoms with E-state index in [2.05, 4.69) is 0 Å². The summed E-state index contributed by atoms with van der Waals surface area (Å²) in [6, 6.07) is 10.7. The van der Waals surface area contributed by atoms with Gasteiger partial charge in [-0.05, 0) is 79.6 Å². The number of hydrogen-bond donors (Lipinski definition) is 0. The highest BCUT2D eigenvalue weighted by Crippen LogP contribution is 2.39. The predicted octanol–water partition coefficient (Wildman–Crippen LogP) is 5.36. The van der Waals surface area contributed by atoms with E-state index >= 15 is 0 Å². The Bertz CT molecular complexity index is 1040. The molecule has 1 atom stereocenters. The van der Waals surface area contributed by atoms with Crippen LogP contribution in [0.2, 0.25) is 0 Å². The zero-order chi connectivity index (χ0) is 25.5. The summed E-state index contributed by atoms with van der Waals surface area (Å²) in [6.45, 7) is 3.06. The molecule has 4 rings (SSSR count). The second-order valence-electron chi connectivity index (χ2n) is 9.52. The van der Waals surface area contributed by atoms with Crippen molar-refractivity contribution in [1.82, 2.24) is 4.90 Å². The van der Waals surface area contributed by atoms with Crippen molar-refractivity contribution in [1.29, 1.82) is 0 Å². The van der Waals surface area contributed by atoms with E-state index in [0.717, 1.165) is 30.4 Å². The first-order valence-electron chi connectivity index (χ1n) is 13.0. The maximum Gasteiger partial charge on any atom is 0.338 e. The van der Waals surface area contributed by atoms with Gasteiger partial charge in [-0.15, -0.1) is 0 Å². The molecule has 2 aromatic carbocycles. The molecule has 1 heterocycles. The van der Waals surface area contributed by atoms with Crippen molar-refractivity contribution >= 4 is 11.9 Å². The molecule has 0 bridgehead atoms. The molecule has 7 nitrogen and oxygen atoms in total. The maximum absolute atomic E-state index is 13.5. The fourth-order valence-corrected chi connectivity index (χ4v) is 5.34. The normalized spacial score (nSPS) is 17.8. The molecule has 36 heavy (non-hydrogen) atoms. The lowest BCUT2D eigenvalue weighted by Crippen LogP contribution is -2.43. The van der Waals surface area contributed by atoms with Crippen LogP contribution in [0.25, 0.3) is 0 Å². The number of esters is 1. The summed E-state index contributed by atoms with van der Waals surface area (Å²) >= 11 is 0. The molecule has 2 aromatic rings. The molecular formula is C29H37NO6. The van der Waals surface area contributed by atoms with Crippen LogP contribution in [0, 0.1) is 5.92 Å². The van der Waals surface area contributed by atoms with Gasteiger partial charge in [0.1, 0.15) is 12.4 Å². The minimum Gasteiger partial charge on any atom is -0.493 e. The van der Waals surface area contributed by atoms with Gasteiger partial charge in [0, 0.05) is 13.0 Å². The van der Waals surface area contributed by atoms with Crippen molar-refractivity contribution in [2.24, 2.45) is 5.92 Å². The number of rotatable bonds is 9. The fraction of sp³-hybridized carbons (Fsp3) is 0.517. The Balaban J connectivity index is 1.56. The van der Waals surface area contributed by atoms with Gasteiger partial charge < -0.3 is 23.8 Å². The summed E-state index contributed by atoms with van der Waals surface area (Å²) in [5.41, 5.74) is 2.65. The van der Waals surface area contributed by atoms with E-state index in [1.807, 2.05) is 17.0 Å². The predicted molar refractivity (Wildman–Crippen MR) is 137 cm³/mol. The number of hydrogen-bond acceptors (Lipinski definition) is 6. The first kappa shape index (κ1) is 25.9. The molecular weight excluding hydrogens is 458 g/mol. The van der Waals surface area contributed by atoms with Crippen LogP contribution in [0.15, 0.2) is 36.4 Å². The molecule has 0 spiro atoms.